The average molecular weight is 317 g/mol. The van der Waals surface area contributed by atoms with Crippen molar-refractivity contribution in [1.29, 1.82) is 0 Å². The molecule has 0 spiro atoms. The van der Waals surface area contributed by atoms with Gasteiger partial charge in [0.05, 0.1) is 17.5 Å². The molecule has 1 N–H and O–H groups in total. The molecule has 1 aliphatic heterocycles. The number of halogens is 1. The summed E-state index contributed by atoms with van der Waals surface area (Å²) in [5.41, 5.74) is 0.567. The van der Waals surface area contributed by atoms with Crippen molar-refractivity contribution in [2.45, 2.75) is 19.3 Å². The lowest BCUT2D eigenvalue weighted by molar-refractivity contribution is 0.0725. The molecule has 0 radical (unpaired) electrons. The minimum atomic E-state index is -3.44. The molecule has 0 unspecified atom stereocenters. The van der Waals surface area contributed by atoms with Crippen molar-refractivity contribution < 1.29 is 13.2 Å². The molecule has 0 bridgehead atoms. The van der Waals surface area contributed by atoms with Crippen LogP contribution in [0.4, 0.5) is 5.69 Å². The van der Waals surface area contributed by atoms with E-state index in [4.69, 9.17) is 11.6 Å². The molecule has 1 fully saturated rings. The number of sulfonamides is 1. The van der Waals surface area contributed by atoms with Gasteiger partial charge in [-0.15, -0.1) is 0 Å². The smallest absolute Gasteiger partial charge is 0.256 e. The number of nitrogens with one attached hydrogen (secondary N) is 1. The molecule has 0 aromatic heterocycles. The van der Waals surface area contributed by atoms with Gasteiger partial charge in [-0.3, -0.25) is 9.52 Å². The summed E-state index contributed by atoms with van der Waals surface area (Å²) in [7, 11) is -3.44. The molecular weight excluding hydrogens is 300 g/mol. The van der Waals surface area contributed by atoms with E-state index in [2.05, 4.69) is 4.72 Å². The Kier molecular flexibility index (Phi) is 4.55. The van der Waals surface area contributed by atoms with E-state index in [1.54, 1.807) is 11.0 Å². The van der Waals surface area contributed by atoms with E-state index >= 15 is 0 Å². The lowest BCUT2D eigenvalue weighted by atomic mass is 10.1. The Balaban J connectivity index is 2.33. The van der Waals surface area contributed by atoms with Crippen molar-refractivity contribution in [3.8, 4) is 0 Å². The van der Waals surface area contributed by atoms with E-state index in [0.717, 1.165) is 25.5 Å². The molecule has 0 saturated carbocycles. The van der Waals surface area contributed by atoms with Crippen LogP contribution in [0.5, 0.6) is 0 Å². The van der Waals surface area contributed by atoms with Crippen molar-refractivity contribution in [3.05, 3.63) is 28.8 Å². The van der Waals surface area contributed by atoms with Crippen LogP contribution in [0.2, 0.25) is 5.02 Å². The zero-order chi connectivity index (χ0) is 14.8. The number of carbonyl (C=O) groups is 1. The Bertz CT molecular complexity index is 610. The average Bonchev–Trinajstić information content (AvgIpc) is 2.39. The minimum absolute atomic E-state index is 0.182. The van der Waals surface area contributed by atoms with Gasteiger partial charge in [0.1, 0.15) is 0 Å². The van der Waals surface area contributed by atoms with Gasteiger partial charge in [-0.25, -0.2) is 8.42 Å². The number of hydrogen-bond acceptors (Lipinski definition) is 3. The molecule has 1 amide bonds. The molecule has 1 aromatic carbocycles. The van der Waals surface area contributed by atoms with Crippen LogP contribution in [-0.4, -0.2) is 38.6 Å². The van der Waals surface area contributed by atoms with Gasteiger partial charge in [0.25, 0.3) is 5.91 Å². The van der Waals surface area contributed by atoms with Gasteiger partial charge in [-0.05, 0) is 37.5 Å². The Labute approximate surface area is 124 Å². The summed E-state index contributed by atoms with van der Waals surface area (Å²) in [5, 5.41) is 0.407. The third kappa shape index (κ3) is 3.86. The molecule has 1 saturated heterocycles. The van der Waals surface area contributed by atoms with Gasteiger partial charge >= 0.3 is 0 Å². The minimum Gasteiger partial charge on any atom is -0.339 e. The fourth-order valence-corrected chi connectivity index (χ4v) is 3.00. The van der Waals surface area contributed by atoms with Crippen LogP contribution in [0, 0.1) is 0 Å². The summed E-state index contributed by atoms with van der Waals surface area (Å²) in [4.78, 5) is 14.2. The van der Waals surface area contributed by atoms with Gasteiger partial charge in [-0.2, -0.15) is 0 Å². The number of likely N-dealkylation sites (tertiary alicyclic amines) is 1. The monoisotopic (exact) mass is 316 g/mol. The van der Waals surface area contributed by atoms with Crippen LogP contribution >= 0.6 is 11.6 Å². The van der Waals surface area contributed by atoms with Crippen molar-refractivity contribution in [2.24, 2.45) is 0 Å². The maximum Gasteiger partial charge on any atom is 0.256 e. The van der Waals surface area contributed by atoms with Crippen molar-refractivity contribution >= 4 is 33.2 Å². The highest BCUT2D eigenvalue weighted by atomic mass is 35.5. The van der Waals surface area contributed by atoms with E-state index < -0.39 is 10.0 Å². The quantitative estimate of drug-likeness (QED) is 0.930. The lowest BCUT2D eigenvalue weighted by Crippen LogP contribution is -2.36. The van der Waals surface area contributed by atoms with E-state index in [1.165, 1.54) is 12.1 Å². The Morgan fingerprint density at radius 1 is 1.25 bits per heavy atom. The maximum absolute atomic E-state index is 12.5. The van der Waals surface area contributed by atoms with Gasteiger partial charge in [0.2, 0.25) is 10.0 Å². The van der Waals surface area contributed by atoms with Crippen LogP contribution in [0.3, 0.4) is 0 Å². The van der Waals surface area contributed by atoms with Gasteiger partial charge in [0, 0.05) is 18.1 Å². The summed E-state index contributed by atoms with van der Waals surface area (Å²) < 4.78 is 25.1. The molecule has 1 heterocycles. The molecule has 1 aromatic rings. The van der Waals surface area contributed by atoms with E-state index in [-0.39, 0.29) is 11.6 Å². The number of carbonyl (C=O) groups excluding carboxylic acids is 1. The third-order valence-corrected chi connectivity index (χ3v) is 3.98. The lowest BCUT2D eigenvalue weighted by Gasteiger charge is -2.27. The maximum atomic E-state index is 12.5. The Morgan fingerprint density at radius 2 is 1.90 bits per heavy atom. The first kappa shape index (κ1) is 15.1. The molecule has 0 atom stereocenters. The number of piperidine rings is 1. The Hall–Kier alpha value is -1.27. The number of anilines is 1. The SMILES string of the molecule is CS(=O)(=O)Nc1ccc(Cl)cc1C(=O)N1CCCCC1. The molecule has 5 nitrogen and oxygen atoms in total. The molecule has 20 heavy (non-hydrogen) atoms. The van der Waals surface area contributed by atoms with Crippen molar-refractivity contribution in [3.63, 3.8) is 0 Å². The summed E-state index contributed by atoms with van der Waals surface area (Å²) in [6, 6.07) is 4.58. The number of nitrogens with zero attached hydrogens (tertiary/aromatic N) is 1. The summed E-state index contributed by atoms with van der Waals surface area (Å²) >= 11 is 5.92. The highest BCUT2D eigenvalue weighted by Crippen LogP contribution is 2.24. The van der Waals surface area contributed by atoms with Crippen LogP contribution in [0.15, 0.2) is 18.2 Å². The predicted molar refractivity (Wildman–Crippen MR) is 79.7 cm³/mol. The highest BCUT2D eigenvalue weighted by Gasteiger charge is 2.22. The molecular formula is C13H17ClN2O3S. The first-order valence-electron chi connectivity index (χ1n) is 6.43. The third-order valence-electron chi connectivity index (χ3n) is 3.15. The normalized spacial score (nSPS) is 16.0. The predicted octanol–water partition coefficient (Wildman–Crippen LogP) is 2.34. The van der Waals surface area contributed by atoms with Crippen LogP contribution in [0.1, 0.15) is 29.6 Å². The van der Waals surface area contributed by atoms with Gasteiger partial charge in [-0.1, -0.05) is 11.6 Å². The first-order valence-corrected chi connectivity index (χ1v) is 8.70. The second-order valence-electron chi connectivity index (χ2n) is 4.92. The van der Waals surface area contributed by atoms with E-state index in [0.29, 0.717) is 23.7 Å². The zero-order valence-corrected chi connectivity index (χ0v) is 12.8. The molecule has 110 valence electrons. The highest BCUT2D eigenvalue weighted by molar-refractivity contribution is 7.92. The second kappa shape index (κ2) is 6.01. The van der Waals surface area contributed by atoms with Gasteiger partial charge in [0.15, 0.2) is 0 Å². The van der Waals surface area contributed by atoms with E-state index in [1.807, 2.05) is 0 Å². The van der Waals surface area contributed by atoms with Crippen molar-refractivity contribution in [1.82, 2.24) is 4.90 Å². The van der Waals surface area contributed by atoms with Crippen LogP contribution < -0.4 is 4.72 Å². The number of amides is 1. The van der Waals surface area contributed by atoms with Gasteiger partial charge < -0.3 is 4.90 Å². The molecule has 7 heteroatoms. The fourth-order valence-electron chi connectivity index (χ4n) is 2.25. The molecule has 2 rings (SSSR count). The Morgan fingerprint density at radius 3 is 2.50 bits per heavy atom. The van der Waals surface area contributed by atoms with E-state index in [9.17, 15) is 13.2 Å². The standard InChI is InChI=1S/C13H17ClN2O3S/c1-20(18,19)15-12-6-5-10(14)9-11(12)13(17)16-7-3-2-4-8-16/h5-6,9,15H,2-4,7-8H2,1H3. The van der Waals surface area contributed by atoms with Crippen LogP contribution in [0.25, 0.3) is 0 Å². The topological polar surface area (TPSA) is 66.5 Å². The fraction of sp³-hybridized carbons (Fsp3) is 0.462. The summed E-state index contributed by atoms with van der Waals surface area (Å²) in [5.74, 6) is -0.182. The number of hydrogen-bond donors (Lipinski definition) is 1. The van der Waals surface area contributed by atoms with Crippen molar-refractivity contribution in [2.75, 3.05) is 24.1 Å². The summed E-state index contributed by atoms with van der Waals surface area (Å²) in [6.07, 6.45) is 4.12. The zero-order valence-electron chi connectivity index (χ0n) is 11.2. The first-order chi connectivity index (χ1) is 9.37. The number of benzene rings is 1. The molecule has 1 aliphatic rings. The largest absolute Gasteiger partial charge is 0.339 e. The molecule has 0 aliphatic carbocycles. The van der Waals surface area contributed by atoms with Crippen LogP contribution in [-0.2, 0) is 10.0 Å². The second-order valence-corrected chi connectivity index (χ2v) is 7.10. The summed E-state index contributed by atoms with van der Waals surface area (Å²) in [6.45, 7) is 1.40. The number of rotatable bonds is 3.